The highest BCUT2D eigenvalue weighted by Gasteiger charge is 2.26. The first-order valence-corrected chi connectivity index (χ1v) is 9.87. The molecule has 0 bridgehead atoms. The number of benzene rings is 2. The van der Waals surface area contributed by atoms with Crippen LogP contribution < -0.4 is 10.1 Å². The number of aromatic nitrogens is 3. The largest absolute Gasteiger partial charge is 0.497 e. The normalized spacial score (nSPS) is 10.8. The molecule has 0 atom stereocenters. The third-order valence-electron chi connectivity index (χ3n) is 5.04. The molecule has 4 rings (SSSR count). The van der Waals surface area contributed by atoms with Crippen LogP contribution >= 0.6 is 11.6 Å². The molecule has 0 aliphatic heterocycles. The summed E-state index contributed by atoms with van der Waals surface area (Å²) >= 11 is 6.00. The lowest BCUT2D eigenvalue weighted by atomic mass is 10.1. The van der Waals surface area contributed by atoms with Crippen molar-refractivity contribution in [2.24, 2.45) is 0 Å². The maximum Gasteiger partial charge on any atom is 0.296 e. The molecule has 2 heterocycles. The van der Waals surface area contributed by atoms with E-state index in [0.29, 0.717) is 39.6 Å². The molecule has 1 amide bonds. The summed E-state index contributed by atoms with van der Waals surface area (Å²) in [7, 11) is 1.56. The van der Waals surface area contributed by atoms with Gasteiger partial charge in [0.05, 0.1) is 30.8 Å². The zero-order chi connectivity index (χ0) is 22.0. The Labute approximate surface area is 183 Å². The minimum atomic E-state index is -0.758. The quantitative estimate of drug-likeness (QED) is 0.361. The lowest BCUT2D eigenvalue weighted by Gasteiger charge is -2.09. The number of amides is 1. The number of carbonyl (C=O) groups excluding carboxylic acids is 2. The molecule has 0 fully saturated rings. The van der Waals surface area contributed by atoms with Gasteiger partial charge in [0.25, 0.3) is 11.7 Å². The van der Waals surface area contributed by atoms with E-state index < -0.39 is 11.7 Å². The first-order valence-electron chi connectivity index (χ1n) is 9.50. The molecule has 2 aromatic heterocycles. The van der Waals surface area contributed by atoms with E-state index in [1.807, 2.05) is 47.9 Å². The predicted molar refractivity (Wildman–Crippen MR) is 119 cm³/mol. The number of anilines is 1. The molecule has 0 aliphatic carbocycles. The number of Topliss-reactive ketones (excluding diaryl/α,β-unsaturated/α-hetero) is 1. The van der Waals surface area contributed by atoms with Gasteiger partial charge in [0.15, 0.2) is 0 Å². The summed E-state index contributed by atoms with van der Waals surface area (Å²) in [5.74, 6) is -0.803. The van der Waals surface area contributed by atoms with E-state index in [2.05, 4.69) is 15.3 Å². The Kier molecular flexibility index (Phi) is 5.68. The van der Waals surface area contributed by atoms with E-state index in [4.69, 9.17) is 16.3 Å². The van der Waals surface area contributed by atoms with Gasteiger partial charge < -0.3 is 14.6 Å². The van der Waals surface area contributed by atoms with Crippen molar-refractivity contribution >= 4 is 39.9 Å². The summed E-state index contributed by atoms with van der Waals surface area (Å²) in [6.07, 6.45) is 4.20. The molecular weight excluding hydrogens is 416 g/mol. The molecule has 7 nitrogen and oxygen atoms in total. The first kappa shape index (κ1) is 20.6. The zero-order valence-corrected chi connectivity index (χ0v) is 17.7. The smallest absolute Gasteiger partial charge is 0.296 e. The predicted octanol–water partition coefficient (Wildman–Crippen LogP) is 4.27. The lowest BCUT2D eigenvalue weighted by Crippen LogP contribution is -2.23. The van der Waals surface area contributed by atoms with Crippen LogP contribution in [0, 0.1) is 6.92 Å². The lowest BCUT2D eigenvalue weighted by molar-refractivity contribution is -0.112. The van der Waals surface area contributed by atoms with Gasteiger partial charge in [-0.1, -0.05) is 23.7 Å². The van der Waals surface area contributed by atoms with Gasteiger partial charge in [-0.05, 0) is 42.8 Å². The van der Waals surface area contributed by atoms with E-state index in [-0.39, 0.29) is 0 Å². The number of methoxy groups -OCH3 is 1. The summed E-state index contributed by atoms with van der Waals surface area (Å²) < 4.78 is 7.35. The number of hydrogen-bond acceptors (Lipinski definition) is 5. The first-order chi connectivity index (χ1) is 15.0. The Bertz CT molecular complexity index is 1270. The molecule has 2 aromatic carbocycles. The van der Waals surface area contributed by atoms with Crippen LogP contribution in [0.5, 0.6) is 5.75 Å². The highest BCUT2D eigenvalue weighted by atomic mass is 35.5. The summed E-state index contributed by atoms with van der Waals surface area (Å²) in [5, 5.41) is 3.86. The maximum atomic E-state index is 13.2. The number of nitrogens with one attached hydrogen (secondary N) is 1. The summed E-state index contributed by atoms with van der Waals surface area (Å²) in [4.78, 5) is 33.6. The number of ether oxygens (including phenoxy) is 1. The third-order valence-corrected chi connectivity index (χ3v) is 5.29. The van der Waals surface area contributed by atoms with Crippen LogP contribution in [-0.2, 0) is 11.3 Å². The number of carbonyl (C=O) groups is 2. The van der Waals surface area contributed by atoms with Crippen LogP contribution in [0.15, 0.2) is 61.2 Å². The van der Waals surface area contributed by atoms with Crippen molar-refractivity contribution in [1.82, 2.24) is 14.5 Å². The second kappa shape index (κ2) is 8.57. The van der Waals surface area contributed by atoms with Gasteiger partial charge in [-0.2, -0.15) is 0 Å². The molecule has 0 unspecified atom stereocenters. The molecule has 1 N–H and O–H groups in total. The van der Waals surface area contributed by atoms with Crippen molar-refractivity contribution in [3.8, 4) is 5.75 Å². The maximum absolute atomic E-state index is 13.2. The minimum Gasteiger partial charge on any atom is -0.497 e. The Hall–Kier alpha value is -3.71. The standard InChI is InChI=1S/C23H19ClN4O3/c1-14-21(22(29)23(30)27-17-10-25-13-26-11-17)19-9-18(31-2)7-8-20(19)28(14)12-15-3-5-16(24)6-4-15/h3-11,13H,12H2,1-2H3,(H,27,30). The van der Waals surface area contributed by atoms with Crippen molar-refractivity contribution in [3.05, 3.63) is 83.0 Å². The average Bonchev–Trinajstić information content (AvgIpc) is 3.05. The second-order valence-corrected chi connectivity index (χ2v) is 7.40. The van der Waals surface area contributed by atoms with Crippen molar-refractivity contribution in [3.63, 3.8) is 0 Å². The Morgan fingerprint density at radius 1 is 1.10 bits per heavy atom. The van der Waals surface area contributed by atoms with Crippen LogP contribution in [0.2, 0.25) is 5.02 Å². The fourth-order valence-electron chi connectivity index (χ4n) is 3.52. The molecule has 0 spiro atoms. The summed E-state index contributed by atoms with van der Waals surface area (Å²) in [6.45, 7) is 2.35. The fraction of sp³-hybridized carbons (Fsp3) is 0.130. The Balaban J connectivity index is 1.78. The van der Waals surface area contributed by atoms with Crippen LogP contribution in [0.4, 0.5) is 5.69 Å². The highest BCUT2D eigenvalue weighted by molar-refractivity contribution is 6.48. The van der Waals surface area contributed by atoms with Gasteiger partial charge >= 0.3 is 0 Å². The fourth-order valence-corrected chi connectivity index (χ4v) is 3.64. The number of fused-ring (bicyclic) bond motifs is 1. The molecule has 0 saturated heterocycles. The zero-order valence-electron chi connectivity index (χ0n) is 16.9. The van der Waals surface area contributed by atoms with Crippen molar-refractivity contribution in [2.75, 3.05) is 12.4 Å². The SMILES string of the molecule is COc1ccc2c(c1)c(C(=O)C(=O)Nc1cncnc1)c(C)n2Cc1ccc(Cl)cc1. The molecule has 0 saturated carbocycles. The number of rotatable bonds is 6. The van der Waals surface area contributed by atoms with Gasteiger partial charge in [0.1, 0.15) is 12.1 Å². The highest BCUT2D eigenvalue weighted by Crippen LogP contribution is 2.31. The molecule has 0 radical (unpaired) electrons. The van der Waals surface area contributed by atoms with Gasteiger partial charge in [-0.25, -0.2) is 9.97 Å². The van der Waals surface area contributed by atoms with E-state index in [1.54, 1.807) is 13.2 Å². The number of ketones is 1. The molecule has 156 valence electrons. The molecule has 0 aliphatic rings. The van der Waals surface area contributed by atoms with Gasteiger partial charge in [-0.3, -0.25) is 9.59 Å². The topological polar surface area (TPSA) is 86.1 Å². The molecule has 8 heteroatoms. The monoisotopic (exact) mass is 434 g/mol. The van der Waals surface area contributed by atoms with Gasteiger partial charge in [0, 0.05) is 28.2 Å². The number of hydrogen-bond donors (Lipinski definition) is 1. The van der Waals surface area contributed by atoms with E-state index >= 15 is 0 Å². The molecular formula is C23H19ClN4O3. The number of halogens is 1. The Morgan fingerprint density at radius 3 is 2.48 bits per heavy atom. The molecule has 4 aromatic rings. The second-order valence-electron chi connectivity index (χ2n) is 6.97. The third kappa shape index (κ3) is 4.13. The summed E-state index contributed by atoms with van der Waals surface area (Å²) in [6, 6.07) is 13.0. The van der Waals surface area contributed by atoms with Crippen molar-refractivity contribution in [1.29, 1.82) is 0 Å². The van der Waals surface area contributed by atoms with Crippen molar-refractivity contribution < 1.29 is 14.3 Å². The average molecular weight is 435 g/mol. The molecule has 31 heavy (non-hydrogen) atoms. The van der Waals surface area contributed by atoms with Gasteiger partial charge in [-0.15, -0.1) is 0 Å². The van der Waals surface area contributed by atoms with E-state index in [0.717, 1.165) is 11.1 Å². The van der Waals surface area contributed by atoms with Crippen LogP contribution in [-0.4, -0.2) is 33.3 Å². The van der Waals surface area contributed by atoms with E-state index in [1.165, 1.54) is 18.7 Å². The van der Waals surface area contributed by atoms with Crippen molar-refractivity contribution in [2.45, 2.75) is 13.5 Å². The van der Waals surface area contributed by atoms with Crippen LogP contribution in [0.25, 0.3) is 10.9 Å². The van der Waals surface area contributed by atoms with Crippen LogP contribution in [0.1, 0.15) is 21.6 Å². The minimum absolute atomic E-state index is 0.331. The van der Waals surface area contributed by atoms with Crippen LogP contribution in [0.3, 0.4) is 0 Å². The Morgan fingerprint density at radius 2 is 1.81 bits per heavy atom. The summed E-state index contributed by atoms with van der Waals surface area (Å²) in [5.41, 5.74) is 3.21. The van der Waals surface area contributed by atoms with Gasteiger partial charge in [0.2, 0.25) is 0 Å². The number of nitrogens with zero attached hydrogens (tertiary/aromatic N) is 3. The van der Waals surface area contributed by atoms with E-state index in [9.17, 15) is 9.59 Å².